The summed E-state index contributed by atoms with van der Waals surface area (Å²) in [6, 6.07) is 0. The Morgan fingerprint density at radius 3 is 2.71 bits per heavy atom. The van der Waals surface area contributed by atoms with E-state index in [1.807, 2.05) is 0 Å². The molecule has 0 aromatic rings. The molecule has 1 aliphatic carbocycles. The predicted molar refractivity (Wildman–Crippen MR) is 64.2 cm³/mol. The fourth-order valence-electron chi connectivity index (χ4n) is 1.98. The van der Waals surface area contributed by atoms with Gasteiger partial charge in [0.05, 0.1) is 0 Å². The maximum atomic E-state index is 2.26. The van der Waals surface area contributed by atoms with Gasteiger partial charge in [-0.25, -0.2) is 0 Å². The molecule has 76 valence electrons. The molecule has 0 saturated carbocycles. The smallest absolute Gasteiger partial charge is 0.00111 e. The van der Waals surface area contributed by atoms with Gasteiger partial charge in [-0.05, 0) is 43.8 Å². The highest BCUT2D eigenvalue weighted by Crippen LogP contribution is 2.26. The van der Waals surface area contributed by atoms with Gasteiger partial charge >= 0.3 is 0 Å². The minimum atomic E-state index is 0.544. The van der Waals surface area contributed by atoms with Gasteiger partial charge in [0.25, 0.3) is 0 Å². The van der Waals surface area contributed by atoms with E-state index < -0.39 is 0 Å². The summed E-state index contributed by atoms with van der Waals surface area (Å²) in [5.41, 5.74) is 2.98. The molecule has 0 spiro atoms. The summed E-state index contributed by atoms with van der Waals surface area (Å²) in [5, 5.41) is 0. The van der Waals surface area contributed by atoms with Crippen LogP contribution < -0.4 is 0 Å². The summed E-state index contributed by atoms with van der Waals surface area (Å²) in [6.45, 7) is 6.47. The summed E-state index contributed by atoms with van der Waals surface area (Å²) < 4.78 is 0. The fraction of sp³-hybridized carbons (Fsp3) is 0.429. The minimum Gasteiger partial charge on any atom is -0.0911 e. The maximum absolute atomic E-state index is 2.26. The van der Waals surface area contributed by atoms with E-state index in [2.05, 4.69) is 57.2 Å². The van der Waals surface area contributed by atoms with Crippen molar-refractivity contribution in [1.29, 1.82) is 0 Å². The maximum Gasteiger partial charge on any atom is -0.00111 e. The topological polar surface area (TPSA) is 0 Å². The van der Waals surface area contributed by atoms with Gasteiger partial charge in [0.1, 0.15) is 0 Å². The van der Waals surface area contributed by atoms with Crippen molar-refractivity contribution < 1.29 is 0 Å². The Kier molecular flexibility index (Phi) is 4.45. The summed E-state index contributed by atoms with van der Waals surface area (Å²) in [5.74, 6) is 0.544. The second-order valence-corrected chi connectivity index (χ2v) is 3.72. The van der Waals surface area contributed by atoms with Crippen LogP contribution in [0, 0.1) is 5.92 Å². The monoisotopic (exact) mass is 188 g/mol. The number of allylic oxidation sites excluding steroid dienone is 8. The van der Waals surface area contributed by atoms with E-state index in [0.717, 1.165) is 0 Å². The molecule has 0 radical (unpaired) electrons. The van der Waals surface area contributed by atoms with E-state index in [1.165, 1.54) is 24.0 Å². The molecule has 0 heteroatoms. The van der Waals surface area contributed by atoms with Crippen LogP contribution in [0.1, 0.15) is 33.6 Å². The van der Waals surface area contributed by atoms with Crippen LogP contribution in [0.5, 0.6) is 0 Å². The molecule has 0 bridgehead atoms. The SMILES string of the molecule is CC=CC(C)C(=CC)C1=CC=CCC1. The molecule has 14 heavy (non-hydrogen) atoms. The lowest BCUT2D eigenvalue weighted by Gasteiger charge is -2.17. The van der Waals surface area contributed by atoms with Crippen molar-refractivity contribution in [3.63, 3.8) is 0 Å². The molecule has 0 nitrogen and oxygen atoms in total. The van der Waals surface area contributed by atoms with Crippen LogP contribution in [-0.2, 0) is 0 Å². The number of rotatable bonds is 3. The first-order chi connectivity index (χ1) is 6.79. The standard InChI is InChI=1S/C14H20/c1-4-9-12(3)14(5-2)13-10-7-6-8-11-13/h4-7,9-10,12H,8,11H2,1-3H3. The Hall–Kier alpha value is -1.04. The average molecular weight is 188 g/mol. The van der Waals surface area contributed by atoms with Gasteiger partial charge in [-0.1, -0.05) is 43.4 Å². The zero-order valence-electron chi connectivity index (χ0n) is 9.46. The third-order valence-electron chi connectivity index (χ3n) is 2.67. The highest BCUT2D eigenvalue weighted by molar-refractivity contribution is 5.38. The third-order valence-corrected chi connectivity index (χ3v) is 2.67. The molecule has 0 amide bonds. The van der Waals surface area contributed by atoms with Crippen molar-refractivity contribution in [2.24, 2.45) is 5.92 Å². The summed E-state index contributed by atoms with van der Waals surface area (Å²) in [6.07, 6.45) is 15.7. The minimum absolute atomic E-state index is 0.544. The molecule has 1 rings (SSSR count). The first-order valence-electron chi connectivity index (χ1n) is 5.44. The largest absolute Gasteiger partial charge is 0.0911 e. The zero-order valence-corrected chi connectivity index (χ0v) is 9.46. The molecule has 0 aliphatic heterocycles. The van der Waals surface area contributed by atoms with Gasteiger partial charge in [0.2, 0.25) is 0 Å². The Balaban J connectivity index is 2.81. The molecule has 0 fully saturated rings. The summed E-state index contributed by atoms with van der Waals surface area (Å²) in [7, 11) is 0. The average Bonchev–Trinajstić information content (AvgIpc) is 2.21. The zero-order chi connectivity index (χ0) is 10.4. The van der Waals surface area contributed by atoms with Crippen molar-refractivity contribution in [3.05, 3.63) is 47.6 Å². The molecule has 0 heterocycles. The molecular formula is C14H20. The molecule has 1 unspecified atom stereocenters. The number of hydrogen-bond acceptors (Lipinski definition) is 0. The summed E-state index contributed by atoms with van der Waals surface area (Å²) in [4.78, 5) is 0. The Labute approximate surface area is 87.7 Å². The lowest BCUT2D eigenvalue weighted by atomic mass is 9.88. The molecule has 0 aromatic heterocycles. The van der Waals surface area contributed by atoms with E-state index in [-0.39, 0.29) is 0 Å². The normalized spacial score (nSPS) is 19.9. The fourth-order valence-corrected chi connectivity index (χ4v) is 1.98. The Morgan fingerprint density at radius 2 is 2.21 bits per heavy atom. The van der Waals surface area contributed by atoms with Crippen molar-refractivity contribution in [2.75, 3.05) is 0 Å². The molecule has 1 aliphatic rings. The first kappa shape index (κ1) is 11.0. The van der Waals surface area contributed by atoms with Crippen LogP contribution in [0.2, 0.25) is 0 Å². The van der Waals surface area contributed by atoms with E-state index in [1.54, 1.807) is 0 Å². The number of hydrogen-bond donors (Lipinski definition) is 0. The molecule has 0 N–H and O–H groups in total. The van der Waals surface area contributed by atoms with E-state index in [9.17, 15) is 0 Å². The first-order valence-corrected chi connectivity index (χ1v) is 5.44. The van der Waals surface area contributed by atoms with Gasteiger partial charge in [0, 0.05) is 0 Å². The Morgan fingerprint density at radius 1 is 1.43 bits per heavy atom. The van der Waals surface area contributed by atoms with E-state index >= 15 is 0 Å². The van der Waals surface area contributed by atoms with E-state index in [0.29, 0.717) is 5.92 Å². The lowest BCUT2D eigenvalue weighted by molar-refractivity contribution is 0.828. The highest BCUT2D eigenvalue weighted by atomic mass is 14.1. The van der Waals surface area contributed by atoms with Crippen molar-refractivity contribution in [2.45, 2.75) is 33.6 Å². The van der Waals surface area contributed by atoms with Crippen LogP contribution in [0.3, 0.4) is 0 Å². The Bertz CT molecular complexity index is 287. The van der Waals surface area contributed by atoms with Gasteiger partial charge in [0.15, 0.2) is 0 Å². The van der Waals surface area contributed by atoms with Crippen LogP contribution in [0.25, 0.3) is 0 Å². The van der Waals surface area contributed by atoms with Crippen LogP contribution in [0.15, 0.2) is 47.6 Å². The third kappa shape index (κ3) is 2.73. The van der Waals surface area contributed by atoms with Crippen molar-refractivity contribution >= 4 is 0 Å². The van der Waals surface area contributed by atoms with Crippen molar-refractivity contribution in [1.82, 2.24) is 0 Å². The van der Waals surface area contributed by atoms with E-state index in [4.69, 9.17) is 0 Å². The predicted octanol–water partition coefficient (Wildman–Crippen LogP) is 4.42. The van der Waals surface area contributed by atoms with Gasteiger partial charge < -0.3 is 0 Å². The van der Waals surface area contributed by atoms with Gasteiger partial charge in [-0.15, -0.1) is 0 Å². The molecule has 1 atom stereocenters. The van der Waals surface area contributed by atoms with Gasteiger partial charge in [-0.2, -0.15) is 0 Å². The lowest BCUT2D eigenvalue weighted by Crippen LogP contribution is -2.01. The highest BCUT2D eigenvalue weighted by Gasteiger charge is 2.10. The van der Waals surface area contributed by atoms with Gasteiger partial charge in [-0.3, -0.25) is 0 Å². The molecule has 0 aromatic carbocycles. The van der Waals surface area contributed by atoms with Crippen LogP contribution >= 0.6 is 0 Å². The quantitative estimate of drug-likeness (QED) is 0.575. The second kappa shape index (κ2) is 5.64. The summed E-state index contributed by atoms with van der Waals surface area (Å²) >= 11 is 0. The van der Waals surface area contributed by atoms with Crippen LogP contribution in [-0.4, -0.2) is 0 Å². The van der Waals surface area contributed by atoms with Crippen molar-refractivity contribution in [3.8, 4) is 0 Å². The van der Waals surface area contributed by atoms with Crippen LogP contribution in [0.4, 0.5) is 0 Å². The molecular weight excluding hydrogens is 168 g/mol. The second-order valence-electron chi connectivity index (χ2n) is 3.72. The molecule has 0 saturated heterocycles.